The molecular formula is C25H18ClNO4S. The van der Waals surface area contributed by atoms with Gasteiger partial charge in [-0.2, -0.15) is 0 Å². The molecule has 0 saturated heterocycles. The fourth-order valence-corrected chi connectivity index (χ4v) is 5.05. The van der Waals surface area contributed by atoms with Crippen LogP contribution in [-0.4, -0.2) is 21.1 Å². The number of carbonyl (C=O) groups excluding carboxylic acids is 1. The van der Waals surface area contributed by atoms with E-state index < -0.39 is 15.1 Å². The molecule has 0 aromatic heterocycles. The lowest BCUT2D eigenvalue weighted by Crippen LogP contribution is -2.18. The monoisotopic (exact) mass is 463 g/mol. The van der Waals surface area contributed by atoms with E-state index >= 15 is 0 Å². The third-order valence-electron chi connectivity index (χ3n) is 5.71. The second-order valence-corrected chi connectivity index (χ2v) is 10.1. The molecule has 0 unspecified atom stereocenters. The zero-order chi connectivity index (χ0) is 22.3. The van der Waals surface area contributed by atoms with Crippen molar-refractivity contribution in [1.29, 1.82) is 0 Å². The zero-order valence-corrected chi connectivity index (χ0v) is 18.4. The van der Waals surface area contributed by atoms with Crippen LogP contribution in [0.5, 0.6) is 0 Å². The van der Waals surface area contributed by atoms with E-state index in [0.717, 1.165) is 22.3 Å². The molecule has 0 radical (unpaired) electrons. The highest BCUT2D eigenvalue weighted by Gasteiger charge is 2.29. The van der Waals surface area contributed by atoms with Crippen LogP contribution in [0.4, 0.5) is 10.5 Å². The molecule has 5 rings (SSSR count). The van der Waals surface area contributed by atoms with Gasteiger partial charge in [-0.3, -0.25) is 5.32 Å². The lowest BCUT2D eigenvalue weighted by Gasteiger charge is -2.15. The van der Waals surface area contributed by atoms with Gasteiger partial charge in [-0.1, -0.05) is 66.7 Å². The predicted molar refractivity (Wildman–Crippen MR) is 126 cm³/mol. The molecule has 4 aromatic rings. The highest BCUT2D eigenvalue weighted by molar-refractivity contribution is 8.13. The molecule has 1 amide bonds. The van der Waals surface area contributed by atoms with E-state index in [2.05, 4.69) is 29.6 Å². The van der Waals surface area contributed by atoms with Gasteiger partial charge in [-0.15, -0.1) is 0 Å². The summed E-state index contributed by atoms with van der Waals surface area (Å²) < 4.78 is 28.8. The first-order valence-electron chi connectivity index (χ1n) is 10.0. The molecule has 0 atom stereocenters. The Morgan fingerprint density at radius 3 is 2.19 bits per heavy atom. The highest BCUT2D eigenvalue weighted by Crippen LogP contribution is 2.44. The number of carbonyl (C=O) groups is 1. The summed E-state index contributed by atoms with van der Waals surface area (Å²) in [4.78, 5) is 12.6. The van der Waals surface area contributed by atoms with Crippen LogP contribution in [-0.2, 0) is 13.8 Å². The molecule has 4 aromatic carbocycles. The Bertz CT molecular complexity index is 1420. The lowest BCUT2D eigenvalue weighted by atomic mass is 9.98. The van der Waals surface area contributed by atoms with Crippen molar-refractivity contribution in [3.05, 3.63) is 96.1 Å². The maximum Gasteiger partial charge on any atom is 0.411 e. The quantitative estimate of drug-likeness (QED) is 0.369. The fraction of sp³-hybridized carbons (Fsp3) is 0.0800. The SMILES string of the molecule is O=C(Nc1cccc2cc(S(=O)(=O)Cl)ccc12)OCC1c2ccccc2-c2ccccc21. The number of fused-ring (bicyclic) bond motifs is 4. The molecule has 7 heteroatoms. The van der Waals surface area contributed by atoms with Gasteiger partial charge in [0.05, 0.1) is 10.6 Å². The van der Waals surface area contributed by atoms with Crippen LogP contribution in [0.2, 0.25) is 0 Å². The molecule has 5 nitrogen and oxygen atoms in total. The molecule has 0 aliphatic heterocycles. The largest absolute Gasteiger partial charge is 0.448 e. The van der Waals surface area contributed by atoms with Gasteiger partial charge in [0.25, 0.3) is 9.05 Å². The number of ether oxygens (including phenoxy) is 1. The van der Waals surface area contributed by atoms with Crippen LogP contribution in [0.1, 0.15) is 17.0 Å². The number of rotatable bonds is 4. The predicted octanol–water partition coefficient (Wildman–Crippen LogP) is 6.13. The second kappa shape index (κ2) is 7.97. The smallest absolute Gasteiger partial charge is 0.411 e. The number of benzene rings is 4. The minimum atomic E-state index is -3.84. The van der Waals surface area contributed by atoms with Crippen molar-refractivity contribution in [3.8, 4) is 11.1 Å². The molecule has 1 aliphatic rings. The molecule has 0 heterocycles. The molecule has 0 fully saturated rings. The van der Waals surface area contributed by atoms with Gasteiger partial charge >= 0.3 is 6.09 Å². The molecule has 32 heavy (non-hydrogen) atoms. The van der Waals surface area contributed by atoms with Gasteiger partial charge in [0, 0.05) is 22.0 Å². The molecule has 0 bridgehead atoms. The maximum absolute atomic E-state index is 12.6. The van der Waals surface area contributed by atoms with Crippen molar-refractivity contribution >= 4 is 42.3 Å². The number of hydrogen-bond donors (Lipinski definition) is 1. The Morgan fingerprint density at radius 2 is 1.53 bits per heavy atom. The van der Waals surface area contributed by atoms with Crippen LogP contribution < -0.4 is 5.32 Å². The van der Waals surface area contributed by atoms with E-state index in [1.165, 1.54) is 12.1 Å². The van der Waals surface area contributed by atoms with E-state index in [4.69, 9.17) is 15.4 Å². The Hall–Kier alpha value is -3.35. The number of halogens is 1. The summed E-state index contributed by atoms with van der Waals surface area (Å²) in [6, 6.07) is 26.0. The van der Waals surface area contributed by atoms with Crippen LogP contribution in [0.3, 0.4) is 0 Å². The first-order valence-corrected chi connectivity index (χ1v) is 12.3. The Balaban J connectivity index is 1.36. The third kappa shape index (κ3) is 3.72. The van der Waals surface area contributed by atoms with Gasteiger partial charge in [-0.05, 0) is 45.8 Å². The Morgan fingerprint density at radius 1 is 0.875 bits per heavy atom. The zero-order valence-electron chi connectivity index (χ0n) is 16.8. The second-order valence-electron chi connectivity index (χ2n) is 7.58. The fourth-order valence-electron chi connectivity index (χ4n) is 4.27. The number of amides is 1. The maximum atomic E-state index is 12.6. The van der Waals surface area contributed by atoms with E-state index in [0.29, 0.717) is 16.5 Å². The molecule has 1 aliphatic carbocycles. The van der Waals surface area contributed by atoms with Gasteiger partial charge in [0.2, 0.25) is 0 Å². The van der Waals surface area contributed by atoms with Crippen LogP contribution in [0, 0.1) is 0 Å². The first-order chi connectivity index (χ1) is 15.4. The molecular weight excluding hydrogens is 446 g/mol. The van der Waals surface area contributed by atoms with E-state index in [1.807, 2.05) is 24.3 Å². The van der Waals surface area contributed by atoms with E-state index in [-0.39, 0.29) is 17.4 Å². The summed E-state index contributed by atoms with van der Waals surface area (Å²) in [5.41, 5.74) is 5.13. The van der Waals surface area contributed by atoms with E-state index in [1.54, 1.807) is 24.3 Å². The van der Waals surface area contributed by atoms with Crippen LogP contribution in [0.25, 0.3) is 21.9 Å². The minimum Gasteiger partial charge on any atom is -0.448 e. The van der Waals surface area contributed by atoms with E-state index in [9.17, 15) is 13.2 Å². The summed E-state index contributed by atoms with van der Waals surface area (Å²) in [5.74, 6) is -0.0304. The summed E-state index contributed by atoms with van der Waals surface area (Å²) in [5, 5.41) is 4.10. The molecule has 1 N–H and O–H groups in total. The van der Waals surface area contributed by atoms with Gasteiger partial charge in [-0.25, -0.2) is 13.2 Å². The standard InChI is InChI=1S/C25H18ClNO4S/c26-32(29,30)17-12-13-18-16(14-17)6-5-11-24(18)27-25(28)31-15-23-21-9-3-1-7-19(21)20-8-2-4-10-22(20)23/h1-14,23H,15H2,(H,27,28). The first kappa shape index (κ1) is 20.5. The molecule has 160 valence electrons. The van der Waals surface area contributed by atoms with Gasteiger partial charge in [0.15, 0.2) is 0 Å². The number of hydrogen-bond acceptors (Lipinski definition) is 4. The van der Waals surface area contributed by atoms with Crippen molar-refractivity contribution in [1.82, 2.24) is 0 Å². The Labute approximate surface area is 190 Å². The normalized spacial score (nSPS) is 12.9. The number of nitrogens with one attached hydrogen (secondary N) is 1. The van der Waals surface area contributed by atoms with Crippen molar-refractivity contribution in [2.45, 2.75) is 10.8 Å². The molecule has 0 spiro atoms. The highest BCUT2D eigenvalue weighted by atomic mass is 35.7. The van der Waals surface area contributed by atoms with Crippen LogP contribution in [0.15, 0.2) is 89.8 Å². The topological polar surface area (TPSA) is 72.5 Å². The molecule has 0 saturated carbocycles. The summed E-state index contributed by atoms with van der Waals surface area (Å²) in [6.07, 6.45) is -0.576. The van der Waals surface area contributed by atoms with Crippen molar-refractivity contribution < 1.29 is 17.9 Å². The summed E-state index contributed by atoms with van der Waals surface area (Å²) >= 11 is 0. The summed E-state index contributed by atoms with van der Waals surface area (Å²) in [6.45, 7) is 0.208. The minimum absolute atomic E-state index is 0.00459. The van der Waals surface area contributed by atoms with Crippen molar-refractivity contribution in [2.75, 3.05) is 11.9 Å². The Kier molecular flexibility index (Phi) is 5.12. The average Bonchev–Trinajstić information content (AvgIpc) is 3.11. The van der Waals surface area contributed by atoms with Crippen molar-refractivity contribution in [3.63, 3.8) is 0 Å². The lowest BCUT2D eigenvalue weighted by molar-refractivity contribution is 0.158. The van der Waals surface area contributed by atoms with Crippen molar-refractivity contribution in [2.24, 2.45) is 0 Å². The average molecular weight is 464 g/mol. The number of anilines is 1. The summed E-state index contributed by atoms with van der Waals surface area (Å²) in [7, 11) is 1.60. The van der Waals surface area contributed by atoms with Gasteiger partial charge in [0.1, 0.15) is 6.61 Å². The van der Waals surface area contributed by atoms with Crippen LogP contribution >= 0.6 is 10.7 Å². The van der Waals surface area contributed by atoms with Gasteiger partial charge < -0.3 is 4.74 Å². The third-order valence-corrected chi connectivity index (χ3v) is 7.07.